The number of esters is 1. The summed E-state index contributed by atoms with van der Waals surface area (Å²) in [5.74, 6) is -0.959. The molecule has 1 aliphatic rings. The van der Waals surface area contributed by atoms with Crippen LogP contribution in [-0.2, 0) is 28.1 Å². The second-order valence-corrected chi connectivity index (χ2v) is 9.10. The monoisotopic (exact) mass is 522 g/mol. The van der Waals surface area contributed by atoms with Crippen LogP contribution in [0.5, 0.6) is 5.75 Å². The van der Waals surface area contributed by atoms with Crippen molar-refractivity contribution in [1.82, 2.24) is 24.6 Å². The predicted octanol–water partition coefficient (Wildman–Crippen LogP) is 2.84. The SMILES string of the molecule is CCOC(=O)[C@H](C)N[P@](=O)(OCO[C@@H]1C=C(F)[C@H](n2cnc3c(N)ncnc32)O1)Oc1ccccc1. The lowest BCUT2D eigenvalue weighted by Crippen LogP contribution is -2.35. The van der Waals surface area contributed by atoms with Gasteiger partial charge in [0, 0.05) is 6.08 Å². The van der Waals surface area contributed by atoms with Gasteiger partial charge in [0.2, 0.25) is 0 Å². The molecular formula is C21H24FN6O7P. The van der Waals surface area contributed by atoms with Crippen molar-refractivity contribution in [3.63, 3.8) is 0 Å². The number of hydrogen-bond donors (Lipinski definition) is 2. The van der Waals surface area contributed by atoms with Crippen molar-refractivity contribution in [3.05, 3.63) is 54.9 Å². The van der Waals surface area contributed by atoms with Gasteiger partial charge in [0.1, 0.15) is 23.6 Å². The van der Waals surface area contributed by atoms with Crippen LogP contribution in [0, 0.1) is 0 Å². The van der Waals surface area contributed by atoms with Crippen LogP contribution in [0.2, 0.25) is 0 Å². The molecule has 0 saturated heterocycles. The first-order valence-corrected chi connectivity index (χ1v) is 12.3. The third-order valence-electron chi connectivity index (χ3n) is 4.85. The first kappa shape index (κ1) is 25.7. The molecule has 0 spiro atoms. The maximum absolute atomic E-state index is 14.7. The van der Waals surface area contributed by atoms with Gasteiger partial charge < -0.3 is 24.5 Å². The number of nitrogens with two attached hydrogens (primary N) is 1. The number of nitrogens with one attached hydrogen (secondary N) is 1. The third kappa shape index (κ3) is 5.86. The molecule has 0 bridgehead atoms. The van der Waals surface area contributed by atoms with Crippen molar-refractivity contribution in [3.8, 4) is 5.75 Å². The second-order valence-electron chi connectivity index (χ2n) is 7.41. The molecule has 36 heavy (non-hydrogen) atoms. The van der Waals surface area contributed by atoms with E-state index in [1.807, 2.05) is 0 Å². The quantitative estimate of drug-likeness (QED) is 0.215. The first-order chi connectivity index (χ1) is 17.3. The molecule has 13 nitrogen and oxygen atoms in total. The summed E-state index contributed by atoms with van der Waals surface area (Å²) in [4.78, 5) is 24.0. The average Bonchev–Trinajstić information content (AvgIpc) is 3.43. The number of halogens is 1. The summed E-state index contributed by atoms with van der Waals surface area (Å²) in [5.41, 5.74) is 6.33. The first-order valence-electron chi connectivity index (χ1n) is 10.8. The van der Waals surface area contributed by atoms with E-state index in [9.17, 15) is 13.8 Å². The zero-order chi connectivity index (χ0) is 25.7. The number of rotatable bonds is 11. The minimum Gasteiger partial charge on any atom is -0.465 e. The highest BCUT2D eigenvalue weighted by molar-refractivity contribution is 7.52. The molecule has 4 atom stereocenters. The summed E-state index contributed by atoms with van der Waals surface area (Å²) in [5, 5.41) is 2.51. The van der Waals surface area contributed by atoms with Gasteiger partial charge in [0.25, 0.3) is 0 Å². The maximum Gasteiger partial charge on any atom is 0.461 e. The van der Waals surface area contributed by atoms with Gasteiger partial charge in [-0.3, -0.25) is 13.9 Å². The number of nitrogen functional groups attached to an aromatic ring is 1. The van der Waals surface area contributed by atoms with E-state index in [1.54, 1.807) is 37.3 Å². The van der Waals surface area contributed by atoms with E-state index < -0.39 is 44.9 Å². The van der Waals surface area contributed by atoms with E-state index in [-0.39, 0.29) is 23.8 Å². The van der Waals surface area contributed by atoms with E-state index in [0.29, 0.717) is 5.52 Å². The van der Waals surface area contributed by atoms with Gasteiger partial charge in [0.15, 0.2) is 36.6 Å². The zero-order valence-corrected chi connectivity index (χ0v) is 20.2. The second kappa shape index (κ2) is 11.1. The molecule has 0 radical (unpaired) electrons. The lowest BCUT2D eigenvalue weighted by atomic mass is 10.3. The van der Waals surface area contributed by atoms with Crippen molar-refractivity contribution in [2.45, 2.75) is 32.4 Å². The van der Waals surface area contributed by atoms with Gasteiger partial charge >= 0.3 is 13.7 Å². The Kier molecular flexibility index (Phi) is 7.91. The smallest absolute Gasteiger partial charge is 0.461 e. The van der Waals surface area contributed by atoms with E-state index >= 15 is 0 Å². The summed E-state index contributed by atoms with van der Waals surface area (Å²) in [6, 6.07) is 7.18. The number of benzene rings is 1. The number of fused-ring (bicyclic) bond motifs is 1. The summed E-state index contributed by atoms with van der Waals surface area (Å²) in [6.07, 6.45) is 1.20. The number of para-hydroxylation sites is 1. The fourth-order valence-corrected chi connectivity index (χ4v) is 4.56. The molecule has 0 amide bonds. The standard InChI is InChI=1S/C21H24FN6O7P/c1-3-31-21(29)13(2)27-36(30,35-14-7-5-4-6-8-14)33-12-32-16-9-15(22)20(34-16)28-11-26-17-18(23)24-10-25-19(17)28/h4-11,13,16,20H,3,12H2,1-2H3,(H,27,30)(H2,23,24,25)/t13-,16-,20+,36-/m0/s1. The Balaban J connectivity index is 1.40. The van der Waals surface area contributed by atoms with Gasteiger partial charge in [-0.2, -0.15) is 5.09 Å². The molecule has 3 heterocycles. The molecule has 0 fully saturated rings. The summed E-state index contributed by atoms with van der Waals surface area (Å²) in [6.45, 7) is 2.60. The molecule has 0 unspecified atom stereocenters. The number of hydrogen-bond acceptors (Lipinski definition) is 11. The molecule has 0 aliphatic carbocycles. The number of anilines is 1. The van der Waals surface area contributed by atoms with E-state index in [2.05, 4.69) is 20.0 Å². The number of nitrogens with zero attached hydrogens (tertiary/aromatic N) is 4. The Morgan fingerprint density at radius 1 is 1.31 bits per heavy atom. The molecule has 0 saturated carbocycles. The lowest BCUT2D eigenvalue weighted by Gasteiger charge is -2.23. The molecule has 1 aliphatic heterocycles. The summed E-state index contributed by atoms with van der Waals surface area (Å²) in [7, 11) is -4.14. The lowest BCUT2D eigenvalue weighted by molar-refractivity contribution is -0.169. The molecule has 192 valence electrons. The molecule has 15 heteroatoms. The van der Waals surface area contributed by atoms with Gasteiger partial charge in [-0.25, -0.2) is 23.9 Å². The van der Waals surface area contributed by atoms with Crippen molar-refractivity contribution >= 4 is 30.7 Å². The minimum atomic E-state index is -4.14. The molecule has 3 aromatic rings. The largest absolute Gasteiger partial charge is 0.465 e. The van der Waals surface area contributed by atoms with Crippen LogP contribution in [0.3, 0.4) is 0 Å². The topological polar surface area (TPSA) is 162 Å². The van der Waals surface area contributed by atoms with Gasteiger partial charge in [-0.1, -0.05) is 18.2 Å². The van der Waals surface area contributed by atoms with E-state index in [1.165, 1.54) is 24.1 Å². The fraction of sp³-hybridized carbons (Fsp3) is 0.333. The number of ether oxygens (including phenoxy) is 3. The van der Waals surface area contributed by atoms with Crippen LogP contribution in [0.25, 0.3) is 11.2 Å². The molecule has 1 aromatic carbocycles. The summed E-state index contributed by atoms with van der Waals surface area (Å²) >= 11 is 0. The normalized spacial score (nSPS) is 20.0. The summed E-state index contributed by atoms with van der Waals surface area (Å²) < 4.78 is 56.1. The Morgan fingerprint density at radius 2 is 2.08 bits per heavy atom. The van der Waals surface area contributed by atoms with Gasteiger partial charge in [-0.05, 0) is 26.0 Å². The number of carbonyl (C=O) groups excluding carboxylic acids is 1. The Bertz CT molecular complexity index is 1290. The van der Waals surface area contributed by atoms with Crippen molar-refractivity contribution in [2.24, 2.45) is 0 Å². The molecular weight excluding hydrogens is 498 g/mol. The van der Waals surface area contributed by atoms with Crippen molar-refractivity contribution in [2.75, 3.05) is 19.1 Å². The van der Waals surface area contributed by atoms with E-state index in [4.69, 9.17) is 29.0 Å². The van der Waals surface area contributed by atoms with Crippen LogP contribution in [-0.4, -0.2) is 51.2 Å². The number of carbonyl (C=O) groups is 1. The van der Waals surface area contributed by atoms with Crippen LogP contribution in [0.4, 0.5) is 10.2 Å². The Morgan fingerprint density at radius 3 is 2.83 bits per heavy atom. The highest BCUT2D eigenvalue weighted by Crippen LogP contribution is 2.45. The van der Waals surface area contributed by atoms with Gasteiger partial charge in [-0.15, -0.1) is 0 Å². The van der Waals surface area contributed by atoms with Gasteiger partial charge in [0.05, 0.1) is 12.9 Å². The Hall–Kier alpha value is -3.42. The number of aromatic nitrogens is 4. The third-order valence-corrected chi connectivity index (χ3v) is 6.45. The van der Waals surface area contributed by atoms with Crippen LogP contribution in [0.1, 0.15) is 20.1 Å². The molecule has 4 rings (SSSR count). The number of imidazole rings is 1. The molecule has 3 N–H and O–H groups in total. The Labute approximate surface area is 205 Å². The predicted molar refractivity (Wildman–Crippen MR) is 124 cm³/mol. The average molecular weight is 522 g/mol. The fourth-order valence-electron chi connectivity index (χ4n) is 3.21. The minimum absolute atomic E-state index is 0.140. The van der Waals surface area contributed by atoms with E-state index in [0.717, 1.165) is 6.08 Å². The van der Waals surface area contributed by atoms with Crippen LogP contribution >= 0.6 is 7.75 Å². The highest BCUT2D eigenvalue weighted by Gasteiger charge is 2.35. The zero-order valence-electron chi connectivity index (χ0n) is 19.3. The van der Waals surface area contributed by atoms with Crippen LogP contribution < -0.4 is 15.3 Å². The maximum atomic E-state index is 14.7. The van der Waals surface area contributed by atoms with Crippen molar-refractivity contribution in [1.29, 1.82) is 0 Å². The van der Waals surface area contributed by atoms with Crippen molar-refractivity contribution < 1.29 is 37.0 Å². The molecule has 2 aromatic heterocycles. The van der Waals surface area contributed by atoms with Crippen LogP contribution in [0.15, 0.2) is 54.9 Å². The highest BCUT2D eigenvalue weighted by atomic mass is 31.2.